The molecule has 2 aliphatic heterocycles. The van der Waals surface area contributed by atoms with Crippen LogP contribution in [0.3, 0.4) is 0 Å². The van der Waals surface area contributed by atoms with Crippen molar-refractivity contribution in [3.8, 4) is 0 Å². The molecule has 0 unspecified atom stereocenters. The number of rotatable bonds is 0. The van der Waals surface area contributed by atoms with Gasteiger partial charge in [0.25, 0.3) is 0 Å². The number of esters is 1. The van der Waals surface area contributed by atoms with Crippen LogP contribution in [0.1, 0.15) is 22.3 Å². The van der Waals surface area contributed by atoms with Crippen molar-refractivity contribution in [1.82, 2.24) is 0 Å². The minimum atomic E-state index is -0.422. The third-order valence-corrected chi connectivity index (χ3v) is 3.26. The molecule has 0 amide bonds. The topological polar surface area (TPSA) is 55.9 Å². The van der Waals surface area contributed by atoms with Crippen LogP contribution < -0.4 is 0 Å². The lowest BCUT2D eigenvalue weighted by Crippen LogP contribution is -2.11. The van der Waals surface area contributed by atoms with Crippen molar-refractivity contribution in [2.75, 3.05) is 6.61 Å². The average Bonchev–Trinajstić information content (AvgIpc) is 3.22. The molecule has 106 valence electrons. The van der Waals surface area contributed by atoms with Crippen molar-refractivity contribution in [3.63, 3.8) is 0 Å². The van der Waals surface area contributed by atoms with Gasteiger partial charge >= 0.3 is 5.97 Å². The highest BCUT2D eigenvalue weighted by Crippen LogP contribution is 2.31. The fourth-order valence-corrected chi connectivity index (χ4v) is 2.14. The van der Waals surface area contributed by atoms with E-state index in [1.165, 1.54) is 0 Å². The average molecular weight is 282 g/mol. The summed E-state index contributed by atoms with van der Waals surface area (Å²) >= 11 is 0. The van der Waals surface area contributed by atoms with Gasteiger partial charge in [0.1, 0.15) is 12.4 Å². The molecule has 4 nitrogen and oxygen atoms in total. The molecule has 0 atom stereocenters. The maximum absolute atomic E-state index is 12.1. The number of benzene rings is 1. The molecule has 1 aromatic carbocycles. The Balaban J connectivity index is 1.87. The van der Waals surface area contributed by atoms with Crippen LogP contribution in [0.5, 0.6) is 0 Å². The molecular weight excluding hydrogens is 268 g/mol. The molecule has 0 radical (unpaired) electrons. The standard InChI is InChI=1S/C17H14O4/c18-13-6-2-4-8-15-16(21-15)9-10-20-17(19)14-7-3-1-5-12(14)11-13/h1-5,7-9H,6,10-11H2. The first kappa shape index (κ1) is 13.4. The van der Waals surface area contributed by atoms with Crippen molar-refractivity contribution in [3.05, 3.63) is 71.2 Å². The molecule has 0 N–H and O–H groups in total. The predicted molar refractivity (Wildman–Crippen MR) is 76.4 cm³/mol. The highest BCUT2D eigenvalue weighted by Gasteiger charge is 2.23. The molecule has 21 heavy (non-hydrogen) atoms. The Morgan fingerprint density at radius 1 is 1.05 bits per heavy atom. The number of carbonyl (C=O) groups is 2. The lowest BCUT2D eigenvalue weighted by Gasteiger charge is -2.07. The number of hydrogen-bond donors (Lipinski definition) is 0. The SMILES string of the molecule is O=C1CC=CC=C2OC2=CCOC(=O)c2ccccc2C1. The summed E-state index contributed by atoms with van der Waals surface area (Å²) in [6.45, 7) is 0.150. The Kier molecular flexibility index (Phi) is 3.69. The van der Waals surface area contributed by atoms with E-state index in [0.717, 1.165) is 5.76 Å². The van der Waals surface area contributed by atoms with Crippen LogP contribution in [0.4, 0.5) is 0 Å². The van der Waals surface area contributed by atoms with E-state index < -0.39 is 5.97 Å². The van der Waals surface area contributed by atoms with Crippen molar-refractivity contribution in [1.29, 1.82) is 0 Å². The van der Waals surface area contributed by atoms with Crippen LogP contribution in [0.15, 0.2) is 60.1 Å². The smallest absolute Gasteiger partial charge is 0.338 e. The van der Waals surface area contributed by atoms with E-state index in [1.807, 2.05) is 6.07 Å². The lowest BCUT2D eigenvalue weighted by molar-refractivity contribution is -0.117. The monoisotopic (exact) mass is 282 g/mol. The summed E-state index contributed by atoms with van der Waals surface area (Å²) in [4.78, 5) is 24.0. The van der Waals surface area contributed by atoms with E-state index in [2.05, 4.69) is 0 Å². The quantitative estimate of drug-likeness (QED) is 0.542. The van der Waals surface area contributed by atoms with Gasteiger partial charge in [-0.25, -0.2) is 4.79 Å². The molecule has 1 saturated heterocycles. The number of carbonyl (C=O) groups excluding carboxylic acids is 2. The number of Topliss-reactive ketones (excluding diaryl/α,β-unsaturated/α-hetero) is 1. The second kappa shape index (κ2) is 5.79. The molecule has 1 fully saturated rings. The van der Waals surface area contributed by atoms with Gasteiger partial charge in [0.15, 0.2) is 11.5 Å². The zero-order valence-electron chi connectivity index (χ0n) is 11.4. The summed E-state index contributed by atoms with van der Waals surface area (Å²) in [5, 5.41) is 0. The number of hydrogen-bond acceptors (Lipinski definition) is 4. The van der Waals surface area contributed by atoms with Crippen LogP contribution >= 0.6 is 0 Å². The highest BCUT2D eigenvalue weighted by atomic mass is 16.6. The van der Waals surface area contributed by atoms with Gasteiger partial charge in [-0.05, 0) is 23.8 Å². The second-order valence-corrected chi connectivity index (χ2v) is 4.80. The molecule has 0 aromatic heterocycles. The maximum Gasteiger partial charge on any atom is 0.338 e. The molecule has 0 saturated carbocycles. The zero-order valence-corrected chi connectivity index (χ0v) is 11.4. The number of fused-ring (bicyclic) bond motifs is 2. The normalized spacial score (nSPS) is 18.3. The highest BCUT2D eigenvalue weighted by molar-refractivity contribution is 5.93. The fraction of sp³-hybridized carbons (Fsp3) is 0.176. The van der Waals surface area contributed by atoms with Gasteiger partial charge < -0.3 is 9.47 Å². The number of allylic oxidation sites excluding steroid dienone is 3. The van der Waals surface area contributed by atoms with Crippen LogP contribution in [0.2, 0.25) is 0 Å². The Morgan fingerprint density at radius 2 is 1.90 bits per heavy atom. The Bertz CT molecular complexity index is 680. The van der Waals surface area contributed by atoms with Crippen molar-refractivity contribution < 1.29 is 19.1 Å². The van der Waals surface area contributed by atoms with Gasteiger partial charge in [0, 0.05) is 12.8 Å². The minimum absolute atomic E-state index is 0.0504. The Hall–Kier alpha value is -2.62. The molecule has 3 rings (SSSR count). The molecular formula is C17H14O4. The van der Waals surface area contributed by atoms with Gasteiger partial charge in [0.2, 0.25) is 0 Å². The summed E-state index contributed by atoms with van der Waals surface area (Å²) in [7, 11) is 0. The number of epoxide rings is 1. The van der Waals surface area contributed by atoms with E-state index >= 15 is 0 Å². The Morgan fingerprint density at radius 3 is 2.81 bits per heavy atom. The van der Waals surface area contributed by atoms with Crippen molar-refractivity contribution >= 4 is 11.8 Å². The second-order valence-electron chi connectivity index (χ2n) is 4.80. The minimum Gasteiger partial charge on any atom is -0.458 e. The summed E-state index contributed by atoms with van der Waals surface area (Å²) in [5.41, 5.74) is 1.14. The van der Waals surface area contributed by atoms with Crippen LogP contribution in [-0.4, -0.2) is 18.4 Å². The maximum atomic E-state index is 12.1. The Labute approximate surface area is 122 Å². The van der Waals surface area contributed by atoms with Gasteiger partial charge in [0.05, 0.1) is 5.56 Å². The largest absolute Gasteiger partial charge is 0.458 e. The van der Waals surface area contributed by atoms with E-state index in [9.17, 15) is 9.59 Å². The van der Waals surface area contributed by atoms with Crippen molar-refractivity contribution in [2.24, 2.45) is 0 Å². The summed E-state index contributed by atoms with van der Waals surface area (Å²) in [5.74, 6) is 1.08. The molecule has 4 heteroatoms. The fourth-order valence-electron chi connectivity index (χ4n) is 2.14. The first-order chi connectivity index (χ1) is 10.2. The van der Waals surface area contributed by atoms with Gasteiger partial charge in [-0.1, -0.05) is 30.4 Å². The predicted octanol–water partition coefficient (Wildman–Crippen LogP) is 2.71. The summed E-state index contributed by atoms with van der Waals surface area (Å²) in [6.07, 6.45) is 7.66. The van der Waals surface area contributed by atoms with Gasteiger partial charge in [-0.3, -0.25) is 4.79 Å². The van der Waals surface area contributed by atoms with Gasteiger partial charge in [-0.2, -0.15) is 0 Å². The van der Waals surface area contributed by atoms with Crippen LogP contribution in [-0.2, 0) is 20.7 Å². The zero-order chi connectivity index (χ0) is 14.7. The number of cyclic esters (lactones) is 1. The van der Waals surface area contributed by atoms with Gasteiger partial charge in [-0.15, -0.1) is 0 Å². The van der Waals surface area contributed by atoms with E-state index in [0.29, 0.717) is 23.3 Å². The third kappa shape index (κ3) is 3.28. The first-order valence-electron chi connectivity index (χ1n) is 6.76. The van der Waals surface area contributed by atoms with E-state index in [1.54, 1.807) is 42.5 Å². The van der Waals surface area contributed by atoms with E-state index in [4.69, 9.17) is 9.47 Å². The number of ketones is 1. The molecule has 1 aromatic rings. The van der Waals surface area contributed by atoms with Crippen LogP contribution in [0.25, 0.3) is 0 Å². The summed E-state index contributed by atoms with van der Waals surface area (Å²) < 4.78 is 10.4. The lowest BCUT2D eigenvalue weighted by atomic mass is 10.0. The molecule has 0 bridgehead atoms. The number of ether oxygens (including phenoxy) is 2. The summed E-state index contributed by atoms with van der Waals surface area (Å²) in [6, 6.07) is 7.04. The van der Waals surface area contributed by atoms with E-state index in [-0.39, 0.29) is 18.8 Å². The first-order valence-corrected chi connectivity index (χ1v) is 6.76. The molecule has 0 spiro atoms. The van der Waals surface area contributed by atoms with Crippen LogP contribution in [0, 0.1) is 0 Å². The third-order valence-electron chi connectivity index (χ3n) is 3.26. The van der Waals surface area contributed by atoms with Crippen molar-refractivity contribution in [2.45, 2.75) is 12.8 Å². The molecule has 0 aliphatic carbocycles. The molecule has 2 aliphatic rings. The molecule has 2 heterocycles.